The molecular formula is C19H30N2O2. The van der Waals surface area contributed by atoms with Gasteiger partial charge in [0.25, 0.3) is 0 Å². The summed E-state index contributed by atoms with van der Waals surface area (Å²) in [5, 5.41) is 3.66. The summed E-state index contributed by atoms with van der Waals surface area (Å²) >= 11 is 0. The zero-order valence-corrected chi connectivity index (χ0v) is 14.6. The summed E-state index contributed by atoms with van der Waals surface area (Å²) in [5.41, 5.74) is 1.41. The first-order valence-electron chi connectivity index (χ1n) is 8.83. The molecule has 0 amide bonds. The number of hydrogen-bond donors (Lipinski definition) is 1. The van der Waals surface area contributed by atoms with Crippen LogP contribution in [0.1, 0.15) is 32.8 Å². The second-order valence-corrected chi connectivity index (χ2v) is 7.44. The van der Waals surface area contributed by atoms with E-state index in [1.807, 2.05) is 13.8 Å². The third-order valence-corrected chi connectivity index (χ3v) is 4.94. The first-order valence-corrected chi connectivity index (χ1v) is 8.83. The van der Waals surface area contributed by atoms with Gasteiger partial charge in [-0.1, -0.05) is 30.3 Å². The number of ether oxygens (including phenoxy) is 2. The molecule has 128 valence electrons. The van der Waals surface area contributed by atoms with Gasteiger partial charge >= 0.3 is 0 Å². The smallest absolute Gasteiger partial charge is 0.163 e. The van der Waals surface area contributed by atoms with Crippen molar-refractivity contribution in [1.29, 1.82) is 0 Å². The molecule has 0 aromatic heterocycles. The molecule has 1 aromatic carbocycles. The van der Waals surface area contributed by atoms with Crippen molar-refractivity contribution in [3.63, 3.8) is 0 Å². The van der Waals surface area contributed by atoms with Gasteiger partial charge in [-0.3, -0.25) is 4.90 Å². The summed E-state index contributed by atoms with van der Waals surface area (Å²) < 4.78 is 11.6. The van der Waals surface area contributed by atoms with E-state index in [0.29, 0.717) is 12.6 Å². The SMILES string of the molecule is CC(NCC1CCN(Cc2ccccc2)C1)[C@H]1COC(C)(C)O1. The van der Waals surface area contributed by atoms with Crippen LogP contribution in [0.2, 0.25) is 0 Å². The molecule has 0 saturated carbocycles. The minimum Gasteiger partial charge on any atom is -0.348 e. The number of benzene rings is 1. The second kappa shape index (κ2) is 7.31. The van der Waals surface area contributed by atoms with Crippen molar-refractivity contribution >= 4 is 0 Å². The van der Waals surface area contributed by atoms with Crippen LogP contribution in [0.4, 0.5) is 0 Å². The Morgan fingerprint density at radius 1 is 1.30 bits per heavy atom. The number of nitrogens with zero attached hydrogens (tertiary/aromatic N) is 1. The van der Waals surface area contributed by atoms with E-state index in [1.165, 1.54) is 25.1 Å². The molecule has 2 heterocycles. The molecule has 3 atom stereocenters. The van der Waals surface area contributed by atoms with E-state index in [-0.39, 0.29) is 6.10 Å². The Morgan fingerprint density at radius 2 is 2.09 bits per heavy atom. The van der Waals surface area contributed by atoms with Crippen molar-refractivity contribution in [2.45, 2.75) is 51.7 Å². The van der Waals surface area contributed by atoms with Crippen LogP contribution in [0.3, 0.4) is 0 Å². The molecule has 0 spiro atoms. The lowest BCUT2D eigenvalue weighted by Gasteiger charge is -2.23. The van der Waals surface area contributed by atoms with Crippen molar-refractivity contribution in [3.8, 4) is 0 Å². The van der Waals surface area contributed by atoms with Gasteiger partial charge in [-0.05, 0) is 51.8 Å². The topological polar surface area (TPSA) is 33.7 Å². The van der Waals surface area contributed by atoms with Crippen LogP contribution in [0.15, 0.2) is 30.3 Å². The van der Waals surface area contributed by atoms with Crippen molar-refractivity contribution in [1.82, 2.24) is 10.2 Å². The fraction of sp³-hybridized carbons (Fsp3) is 0.684. The Hall–Kier alpha value is -0.940. The van der Waals surface area contributed by atoms with Crippen LogP contribution in [0.5, 0.6) is 0 Å². The highest BCUT2D eigenvalue weighted by atomic mass is 16.7. The zero-order chi connectivity index (χ0) is 16.3. The highest BCUT2D eigenvalue weighted by molar-refractivity contribution is 5.14. The van der Waals surface area contributed by atoms with E-state index in [4.69, 9.17) is 9.47 Å². The van der Waals surface area contributed by atoms with Crippen LogP contribution >= 0.6 is 0 Å². The summed E-state index contributed by atoms with van der Waals surface area (Å²) in [6.07, 6.45) is 1.44. The van der Waals surface area contributed by atoms with E-state index < -0.39 is 5.79 Å². The summed E-state index contributed by atoms with van der Waals surface area (Å²) in [5.74, 6) is 0.303. The normalized spacial score (nSPS) is 29.0. The molecule has 23 heavy (non-hydrogen) atoms. The molecule has 0 radical (unpaired) electrons. The summed E-state index contributed by atoms with van der Waals surface area (Å²) in [7, 11) is 0. The quantitative estimate of drug-likeness (QED) is 0.874. The molecule has 2 fully saturated rings. The van der Waals surface area contributed by atoms with Crippen molar-refractivity contribution in [3.05, 3.63) is 35.9 Å². The molecule has 1 N–H and O–H groups in total. The lowest BCUT2D eigenvalue weighted by molar-refractivity contribution is -0.141. The van der Waals surface area contributed by atoms with Crippen LogP contribution in [-0.2, 0) is 16.0 Å². The number of likely N-dealkylation sites (tertiary alicyclic amines) is 1. The van der Waals surface area contributed by atoms with Gasteiger partial charge in [-0.2, -0.15) is 0 Å². The lowest BCUT2D eigenvalue weighted by Crippen LogP contribution is -2.42. The maximum atomic E-state index is 5.93. The largest absolute Gasteiger partial charge is 0.348 e. The highest BCUT2D eigenvalue weighted by Gasteiger charge is 2.35. The van der Waals surface area contributed by atoms with Crippen LogP contribution in [0, 0.1) is 5.92 Å². The number of rotatable bonds is 6. The molecule has 4 heteroatoms. The van der Waals surface area contributed by atoms with Crippen LogP contribution < -0.4 is 5.32 Å². The number of nitrogens with one attached hydrogen (secondary N) is 1. The van der Waals surface area contributed by atoms with E-state index in [9.17, 15) is 0 Å². The van der Waals surface area contributed by atoms with Gasteiger partial charge in [0.1, 0.15) is 0 Å². The molecular weight excluding hydrogens is 288 g/mol. The van der Waals surface area contributed by atoms with Crippen LogP contribution in [0.25, 0.3) is 0 Å². The molecule has 2 saturated heterocycles. The van der Waals surface area contributed by atoms with Gasteiger partial charge in [-0.25, -0.2) is 0 Å². The predicted molar refractivity (Wildman–Crippen MR) is 92.2 cm³/mol. The lowest BCUT2D eigenvalue weighted by atomic mass is 10.1. The third-order valence-electron chi connectivity index (χ3n) is 4.94. The molecule has 4 nitrogen and oxygen atoms in total. The average Bonchev–Trinajstić information content (AvgIpc) is 3.12. The maximum absolute atomic E-state index is 5.93. The number of hydrogen-bond acceptors (Lipinski definition) is 4. The average molecular weight is 318 g/mol. The summed E-state index contributed by atoms with van der Waals surface area (Å²) in [6.45, 7) is 11.4. The predicted octanol–water partition coefficient (Wildman–Crippen LogP) is 2.64. The van der Waals surface area contributed by atoms with E-state index >= 15 is 0 Å². The van der Waals surface area contributed by atoms with Gasteiger partial charge in [-0.15, -0.1) is 0 Å². The van der Waals surface area contributed by atoms with Crippen molar-refractivity contribution < 1.29 is 9.47 Å². The molecule has 0 aliphatic carbocycles. The zero-order valence-electron chi connectivity index (χ0n) is 14.6. The first-order chi connectivity index (χ1) is 11.0. The van der Waals surface area contributed by atoms with Gasteiger partial charge < -0.3 is 14.8 Å². The molecule has 3 rings (SSSR count). The first kappa shape index (κ1) is 16.9. The van der Waals surface area contributed by atoms with E-state index in [2.05, 4.69) is 47.5 Å². The monoisotopic (exact) mass is 318 g/mol. The molecule has 2 unspecified atom stereocenters. The molecule has 1 aromatic rings. The second-order valence-electron chi connectivity index (χ2n) is 7.44. The van der Waals surface area contributed by atoms with Gasteiger partial charge in [0.15, 0.2) is 5.79 Å². The van der Waals surface area contributed by atoms with Crippen molar-refractivity contribution in [2.75, 3.05) is 26.2 Å². The fourth-order valence-electron chi connectivity index (χ4n) is 3.51. The summed E-state index contributed by atoms with van der Waals surface area (Å²) in [6, 6.07) is 11.1. The summed E-state index contributed by atoms with van der Waals surface area (Å²) in [4.78, 5) is 2.56. The molecule has 0 bridgehead atoms. The standard InChI is InChI=1S/C19H30N2O2/c1-15(18-14-22-19(2,3)23-18)20-11-17-9-10-21(13-17)12-16-7-5-4-6-8-16/h4-8,15,17-18,20H,9-14H2,1-3H3/t15?,17?,18-/m1/s1. The van der Waals surface area contributed by atoms with E-state index in [1.54, 1.807) is 0 Å². The Bertz CT molecular complexity index is 491. The van der Waals surface area contributed by atoms with Crippen molar-refractivity contribution in [2.24, 2.45) is 5.92 Å². The van der Waals surface area contributed by atoms with Gasteiger partial charge in [0.05, 0.1) is 12.7 Å². The Labute approximate surface area is 140 Å². The Balaban J connectivity index is 1.38. The minimum atomic E-state index is -0.430. The highest BCUT2D eigenvalue weighted by Crippen LogP contribution is 2.24. The molecule has 2 aliphatic rings. The van der Waals surface area contributed by atoms with E-state index in [0.717, 1.165) is 19.0 Å². The fourth-order valence-corrected chi connectivity index (χ4v) is 3.51. The molecule has 2 aliphatic heterocycles. The van der Waals surface area contributed by atoms with Crippen LogP contribution in [-0.4, -0.2) is 49.1 Å². The minimum absolute atomic E-state index is 0.159. The van der Waals surface area contributed by atoms with Gasteiger partial charge in [0.2, 0.25) is 0 Å². The Kier molecular flexibility index (Phi) is 5.37. The Morgan fingerprint density at radius 3 is 2.78 bits per heavy atom. The van der Waals surface area contributed by atoms with Gasteiger partial charge in [0, 0.05) is 19.1 Å². The maximum Gasteiger partial charge on any atom is 0.163 e. The third kappa shape index (κ3) is 4.77.